The highest BCUT2D eigenvalue weighted by Crippen LogP contribution is 2.33. The number of nitriles is 1. The standard InChI is InChI=1S/C8H6F3N3O2/c1-15-6-4(3-12)2-5(13)14-7(6)16-8(9,10)11/h2H,1H3,(H2,13,14). The molecule has 1 aromatic rings. The van der Waals surface area contributed by atoms with Crippen LogP contribution in [0.2, 0.25) is 0 Å². The van der Waals surface area contributed by atoms with Crippen LogP contribution in [-0.2, 0) is 0 Å². The fourth-order valence-corrected chi connectivity index (χ4v) is 0.988. The number of hydrogen-bond acceptors (Lipinski definition) is 5. The van der Waals surface area contributed by atoms with Crippen molar-refractivity contribution in [3.8, 4) is 17.7 Å². The second-order valence-corrected chi connectivity index (χ2v) is 2.59. The number of alkyl halides is 3. The lowest BCUT2D eigenvalue weighted by atomic mass is 10.2. The summed E-state index contributed by atoms with van der Waals surface area (Å²) in [6, 6.07) is 2.71. The zero-order valence-electron chi connectivity index (χ0n) is 8.00. The molecule has 1 aromatic heterocycles. The van der Waals surface area contributed by atoms with E-state index in [1.54, 1.807) is 6.07 Å². The molecule has 8 heteroatoms. The van der Waals surface area contributed by atoms with Gasteiger partial charge in [-0.15, -0.1) is 13.2 Å². The number of ether oxygens (including phenoxy) is 2. The van der Waals surface area contributed by atoms with E-state index in [-0.39, 0.29) is 11.4 Å². The monoisotopic (exact) mass is 233 g/mol. The van der Waals surface area contributed by atoms with Crippen molar-refractivity contribution in [2.75, 3.05) is 12.8 Å². The van der Waals surface area contributed by atoms with Crippen molar-refractivity contribution >= 4 is 5.82 Å². The molecule has 0 aliphatic heterocycles. The minimum absolute atomic E-state index is 0.186. The SMILES string of the molecule is COc1c(C#N)cc(N)nc1OC(F)(F)F. The summed E-state index contributed by atoms with van der Waals surface area (Å²) in [5.74, 6) is -1.56. The summed E-state index contributed by atoms with van der Waals surface area (Å²) in [5.41, 5.74) is 5.03. The second kappa shape index (κ2) is 4.14. The van der Waals surface area contributed by atoms with Gasteiger partial charge in [-0.3, -0.25) is 0 Å². The first-order valence-electron chi connectivity index (χ1n) is 3.87. The summed E-state index contributed by atoms with van der Waals surface area (Å²) < 4.78 is 44.1. The number of rotatable bonds is 2. The lowest BCUT2D eigenvalue weighted by Crippen LogP contribution is -2.19. The molecule has 5 nitrogen and oxygen atoms in total. The normalized spacial score (nSPS) is 10.7. The van der Waals surface area contributed by atoms with Crippen molar-refractivity contribution in [2.45, 2.75) is 6.36 Å². The Kier molecular flexibility index (Phi) is 3.08. The van der Waals surface area contributed by atoms with E-state index >= 15 is 0 Å². The number of hydrogen-bond donors (Lipinski definition) is 1. The van der Waals surface area contributed by atoms with Gasteiger partial charge < -0.3 is 15.2 Å². The molecule has 0 radical (unpaired) electrons. The Balaban J connectivity index is 3.27. The molecule has 0 spiro atoms. The number of nitrogens with two attached hydrogens (primary N) is 1. The highest BCUT2D eigenvalue weighted by molar-refractivity contribution is 5.54. The minimum Gasteiger partial charge on any atom is -0.490 e. The first-order chi connectivity index (χ1) is 7.37. The van der Waals surface area contributed by atoms with Gasteiger partial charge in [-0.05, 0) is 0 Å². The maximum atomic E-state index is 12.0. The van der Waals surface area contributed by atoms with Crippen LogP contribution in [-0.4, -0.2) is 18.5 Å². The Labute approximate surface area is 88.2 Å². The van der Waals surface area contributed by atoms with Crippen LogP contribution in [0.1, 0.15) is 5.56 Å². The van der Waals surface area contributed by atoms with Crippen LogP contribution in [0.3, 0.4) is 0 Å². The molecule has 0 amide bonds. The predicted octanol–water partition coefficient (Wildman–Crippen LogP) is 1.44. The average molecular weight is 233 g/mol. The first-order valence-corrected chi connectivity index (χ1v) is 3.87. The summed E-state index contributed by atoms with van der Waals surface area (Å²) in [4.78, 5) is 3.30. The Bertz CT molecular complexity index is 439. The van der Waals surface area contributed by atoms with E-state index < -0.39 is 18.0 Å². The maximum Gasteiger partial charge on any atom is 0.574 e. The molecular formula is C8H6F3N3O2. The quantitative estimate of drug-likeness (QED) is 0.835. The van der Waals surface area contributed by atoms with Crippen LogP contribution in [0, 0.1) is 11.3 Å². The number of pyridine rings is 1. The zero-order chi connectivity index (χ0) is 12.3. The Hall–Kier alpha value is -2.17. The maximum absolute atomic E-state index is 12.0. The Morgan fingerprint density at radius 1 is 1.50 bits per heavy atom. The third kappa shape index (κ3) is 2.66. The molecule has 2 N–H and O–H groups in total. The van der Waals surface area contributed by atoms with Gasteiger partial charge >= 0.3 is 6.36 Å². The first kappa shape index (κ1) is 11.9. The van der Waals surface area contributed by atoms with E-state index in [0.717, 1.165) is 13.2 Å². The molecule has 1 heterocycles. The van der Waals surface area contributed by atoms with Crippen molar-refractivity contribution in [1.29, 1.82) is 5.26 Å². The molecular weight excluding hydrogens is 227 g/mol. The van der Waals surface area contributed by atoms with Gasteiger partial charge in [0, 0.05) is 6.07 Å². The Morgan fingerprint density at radius 3 is 2.56 bits per heavy atom. The summed E-state index contributed by atoms with van der Waals surface area (Å²) >= 11 is 0. The van der Waals surface area contributed by atoms with Gasteiger partial charge in [-0.1, -0.05) is 0 Å². The molecule has 16 heavy (non-hydrogen) atoms. The largest absolute Gasteiger partial charge is 0.574 e. The highest BCUT2D eigenvalue weighted by atomic mass is 19.4. The number of methoxy groups -OCH3 is 1. The molecule has 0 aliphatic rings. The lowest BCUT2D eigenvalue weighted by Gasteiger charge is -2.12. The van der Waals surface area contributed by atoms with Gasteiger partial charge in [0.25, 0.3) is 5.88 Å². The fraction of sp³-hybridized carbons (Fsp3) is 0.250. The molecule has 1 rings (SSSR count). The predicted molar refractivity (Wildman–Crippen MR) is 46.6 cm³/mol. The minimum atomic E-state index is -4.93. The molecule has 0 bridgehead atoms. The van der Waals surface area contributed by atoms with Crippen molar-refractivity contribution in [2.24, 2.45) is 0 Å². The van der Waals surface area contributed by atoms with Gasteiger partial charge in [0.2, 0.25) is 0 Å². The molecule has 0 fully saturated rings. The molecule has 0 aliphatic carbocycles. The van der Waals surface area contributed by atoms with Crippen LogP contribution in [0.5, 0.6) is 11.6 Å². The Morgan fingerprint density at radius 2 is 2.12 bits per heavy atom. The van der Waals surface area contributed by atoms with Crippen LogP contribution in [0.15, 0.2) is 6.07 Å². The van der Waals surface area contributed by atoms with E-state index in [1.165, 1.54) is 0 Å². The van der Waals surface area contributed by atoms with Crippen molar-refractivity contribution in [1.82, 2.24) is 4.98 Å². The van der Waals surface area contributed by atoms with Gasteiger partial charge in [0.1, 0.15) is 17.5 Å². The fourth-order valence-electron chi connectivity index (χ4n) is 0.988. The third-order valence-electron chi connectivity index (χ3n) is 1.50. The number of nitrogen functional groups attached to an aromatic ring is 1. The molecule has 0 aromatic carbocycles. The molecule has 86 valence electrons. The van der Waals surface area contributed by atoms with E-state index in [0.29, 0.717) is 0 Å². The van der Waals surface area contributed by atoms with Crippen LogP contribution in [0.25, 0.3) is 0 Å². The highest BCUT2D eigenvalue weighted by Gasteiger charge is 2.34. The van der Waals surface area contributed by atoms with Crippen LogP contribution >= 0.6 is 0 Å². The van der Waals surface area contributed by atoms with Crippen molar-refractivity contribution in [3.05, 3.63) is 11.6 Å². The van der Waals surface area contributed by atoms with Crippen molar-refractivity contribution in [3.63, 3.8) is 0 Å². The van der Waals surface area contributed by atoms with E-state index in [4.69, 9.17) is 11.0 Å². The van der Waals surface area contributed by atoms with Crippen LogP contribution < -0.4 is 15.2 Å². The molecule has 0 unspecified atom stereocenters. The van der Waals surface area contributed by atoms with Crippen LogP contribution in [0.4, 0.5) is 19.0 Å². The van der Waals surface area contributed by atoms with E-state index in [1.807, 2.05) is 0 Å². The smallest absolute Gasteiger partial charge is 0.490 e. The number of halogens is 3. The number of aromatic nitrogens is 1. The number of anilines is 1. The molecule has 0 saturated heterocycles. The summed E-state index contributed by atoms with van der Waals surface area (Å²) in [5, 5.41) is 8.65. The van der Waals surface area contributed by atoms with Crippen molar-refractivity contribution < 1.29 is 22.6 Å². The van der Waals surface area contributed by atoms with E-state index in [9.17, 15) is 13.2 Å². The van der Waals surface area contributed by atoms with Gasteiger partial charge in [0.05, 0.1) is 7.11 Å². The van der Waals surface area contributed by atoms with Gasteiger partial charge in [-0.2, -0.15) is 10.2 Å². The summed E-state index contributed by atoms with van der Waals surface area (Å²) in [6.45, 7) is 0. The topological polar surface area (TPSA) is 81.2 Å². The lowest BCUT2D eigenvalue weighted by molar-refractivity contribution is -0.276. The molecule has 0 saturated carbocycles. The average Bonchev–Trinajstić information content (AvgIpc) is 2.14. The third-order valence-corrected chi connectivity index (χ3v) is 1.50. The van der Waals surface area contributed by atoms with Gasteiger partial charge in [-0.25, -0.2) is 0 Å². The van der Waals surface area contributed by atoms with E-state index in [2.05, 4.69) is 14.5 Å². The zero-order valence-corrected chi connectivity index (χ0v) is 8.00. The second-order valence-electron chi connectivity index (χ2n) is 2.59. The molecule has 0 atom stereocenters. The summed E-state index contributed by atoms with van der Waals surface area (Å²) in [6.07, 6.45) is -4.93. The summed E-state index contributed by atoms with van der Waals surface area (Å²) in [7, 11) is 1.09. The van der Waals surface area contributed by atoms with Gasteiger partial charge in [0.15, 0.2) is 5.75 Å². The number of nitrogens with zero attached hydrogens (tertiary/aromatic N) is 2.